The number of ether oxygens (including phenoxy) is 1. The number of ketones is 1. The highest BCUT2D eigenvalue weighted by Gasteiger charge is 2.24. The topological polar surface area (TPSA) is 125 Å². The molecule has 0 heterocycles. The summed E-state index contributed by atoms with van der Waals surface area (Å²) in [7, 11) is 0. The Labute approximate surface area is 209 Å². The van der Waals surface area contributed by atoms with Gasteiger partial charge in [-0.15, -0.1) is 0 Å². The number of benzene rings is 3. The Morgan fingerprint density at radius 1 is 0.806 bits per heavy atom. The number of carboxylic acid groups (broad SMARTS) is 1. The van der Waals surface area contributed by atoms with Crippen LogP contribution in [0.5, 0.6) is 0 Å². The highest BCUT2D eigenvalue weighted by molar-refractivity contribution is 6.01. The fraction of sp³-hybridized carbons (Fsp3) is 0.250. The SMILES string of the molecule is Cc1cc(Cc2ccc(NC(=O)OCc3ccc(C(=O)C(C)(C)O)cc3)c(C)c2)ccc1NC(=O)O. The van der Waals surface area contributed by atoms with E-state index in [0.717, 1.165) is 22.3 Å². The van der Waals surface area contributed by atoms with Crippen LogP contribution >= 0.6 is 0 Å². The molecule has 8 heteroatoms. The number of carbonyl (C=O) groups is 3. The van der Waals surface area contributed by atoms with Crippen molar-refractivity contribution >= 4 is 29.3 Å². The Balaban J connectivity index is 1.56. The molecule has 3 aromatic rings. The minimum Gasteiger partial charge on any atom is -0.465 e. The molecule has 0 aliphatic rings. The lowest BCUT2D eigenvalue weighted by molar-refractivity contribution is 0.0488. The van der Waals surface area contributed by atoms with E-state index in [0.29, 0.717) is 28.9 Å². The van der Waals surface area contributed by atoms with E-state index in [1.165, 1.54) is 13.8 Å². The number of hydrogen-bond donors (Lipinski definition) is 4. The summed E-state index contributed by atoms with van der Waals surface area (Å²) in [6.45, 7) is 6.65. The van der Waals surface area contributed by atoms with E-state index in [2.05, 4.69) is 10.6 Å². The van der Waals surface area contributed by atoms with Crippen molar-refractivity contribution in [2.45, 2.75) is 46.3 Å². The lowest BCUT2D eigenvalue weighted by Gasteiger charge is -2.15. The molecule has 0 bridgehead atoms. The average molecular weight is 491 g/mol. The second-order valence-electron chi connectivity index (χ2n) is 9.19. The number of rotatable bonds is 8. The predicted octanol–water partition coefficient (Wildman–Crippen LogP) is 5.69. The highest BCUT2D eigenvalue weighted by Crippen LogP contribution is 2.22. The summed E-state index contributed by atoms with van der Waals surface area (Å²) >= 11 is 0. The molecule has 0 aliphatic heterocycles. The van der Waals surface area contributed by atoms with Crippen molar-refractivity contribution in [3.8, 4) is 0 Å². The number of anilines is 2. The van der Waals surface area contributed by atoms with Crippen molar-refractivity contribution in [2.24, 2.45) is 0 Å². The minimum absolute atomic E-state index is 0.0338. The number of carbonyl (C=O) groups excluding carboxylic acids is 2. The largest absolute Gasteiger partial charge is 0.465 e. The molecular weight excluding hydrogens is 460 g/mol. The predicted molar refractivity (Wildman–Crippen MR) is 138 cm³/mol. The van der Waals surface area contributed by atoms with Gasteiger partial charge in [0.25, 0.3) is 0 Å². The van der Waals surface area contributed by atoms with Crippen LogP contribution < -0.4 is 10.6 Å². The van der Waals surface area contributed by atoms with Gasteiger partial charge in [-0.25, -0.2) is 9.59 Å². The summed E-state index contributed by atoms with van der Waals surface area (Å²) in [6.07, 6.45) is -1.04. The summed E-state index contributed by atoms with van der Waals surface area (Å²) in [5.74, 6) is -0.381. The second-order valence-corrected chi connectivity index (χ2v) is 9.19. The fourth-order valence-corrected chi connectivity index (χ4v) is 3.70. The number of nitrogens with one attached hydrogen (secondary N) is 2. The molecule has 0 saturated heterocycles. The maximum absolute atomic E-state index is 12.3. The Morgan fingerprint density at radius 3 is 1.78 bits per heavy atom. The number of aliphatic hydroxyl groups is 1. The van der Waals surface area contributed by atoms with Crippen molar-refractivity contribution in [1.82, 2.24) is 0 Å². The molecule has 0 spiro atoms. The first-order chi connectivity index (χ1) is 16.9. The smallest absolute Gasteiger partial charge is 0.411 e. The van der Waals surface area contributed by atoms with Crippen LogP contribution in [0.15, 0.2) is 60.7 Å². The summed E-state index contributed by atoms with van der Waals surface area (Å²) in [6, 6.07) is 17.8. The summed E-state index contributed by atoms with van der Waals surface area (Å²) in [5.41, 5.74) is 4.63. The fourth-order valence-electron chi connectivity index (χ4n) is 3.70. The van der Waals surface area contributed by atoms with Gasteiger partial charge in [-0.05, 0) is 74.1 Å². The minimum atomic E-state index is -1.45. The van der Waals surface area contributed by atoms with Crippen molar-refractivity contribution in [3.63, 3.8) is 0 Å². The van der Waals surface area contributed by atoms with E-state index < -0.39 is 17.8 Å². The molecule has 0 aliphatic carbocycles. The van der Waals surface area contributed by atoms with E-state index in [9.17, 15) is 19.5 Å². The van der Waals surface area contributed by atoms with Crippen LogP contribution in [0.1, 0.15) is 52.0 Å². The van der Waals surface area contributed by atoms with Gasteiger partial charge in [0, 0.05) is 16.9 Å². The molecule has 188 valence electrons. The number of hydrogen-bond acceptors (Lipinski definition) is 5. The van der Waals surface area contributed by atoms with Gasteiger partial charge >= 0.3 is 12.2 Å². The number of Topliss-reactive ketones (excluding diaryl/α,β-unsaturated/α-hetero) is 1. The van der Waals surface area contributed by atoms with E-state index in [1.807, 2.05) is 44.2 Å². The first-order valence-electron chi connectivity index (χ1n) is 11.4. The molecule has 0 aromatic heterocycles. The molecule has 2 amide bonds. The van der Waals surface area contributed by atoms with E-state index in [4.69, 9.17) is 9.84 Å². The van der Waals surface area contributed by atoms with Crippen LogP contribution in [0.4, 0.5) is 21.0 Å². The third-order valence-corrected chi connectivity index (χ3v) is 5.61. The Kier molecular flexibility index (Phi) is 8.11. The van der Waals surface area contributed by atoms with Crippen molar-refractivity contribution in [3.05, 3.63) is 94.0 Å². The summed E-state index contributed by atoms with van der Waals surface area (Å²) in [5, 5.41) is 23.8. The van der Waals surface area contributed by atoms with Crippen molar-refractivity contribution in [2.75, 3.05) is 10.6 Å². The number of amides is 2. The first kappa shape index (κ1) is 26.4. The molecule has 0 fully saturated rings. The van der Waals surface area contributed by atoms with Gasteiger partial charge in [0.15, 0.2) is 5.78 Å². The van der Waals surface area contributed by atoms with Gasteiger partial charge < -0.3 is 14.9 Å². The molecule has 4 N–H and O–H groups in total. The molecular formula is C28H30N2O6. The summed E-state index contributed by atoms with van der Waals surface area (Å²) in [4.78, 5) is 35.3. The van der Waals surface area contributed by atoms with E-state index in [1.54, 1.807) is 30.3 Å². The monoisotopic (exact) mass is 490 g/mol. The van der Waals surface area contributed by atoms with Crippen molar-refractivity contribution in [1.29, 1.82) is 0 Å². The zero-order valence-corrected chi connectivity index (χ0v) is 20.7. The van der Waals surface area contributed by atoms with E-state index in [-0.39, 0.29) is 12.4 Å². The molecule has 0 saturated carbocycles. The lowest BCUT2D eigenvalue weighted by atomic mass is 9.96. The van der Waals surface area contributed by atoms with Crippen LogP contribution in [0.3, 0.4) is 0 Å². The normalized spacial score (nSPS) is 11.0. The zero-order valence-electron chi connectivity index (χ0n) is 20.7. The maximum atomic E-state index is 12.3. The van der Waals surface area contributed by atoms with Gasteiger partial charge in [0.1, 0.15) is 12.2 Å². The molecule has 0 radical (unpaired) electrons. The molecule has 3 rings (SSSR count). The lowest BCUT2D eigenvalue weighted by Crippen LogP contribution is -2.31. The molecule has 3 aromatic carbocycles. The van der Waals surface area contributed by atoms with Crippen LogP contribution in [0.25, 0.3) is 0 Å². The second kappa shape index (κ2) is 11.0. The van der Waals surface area contributed by atoms with Crippen molar-refractivity contribution < 1.29 is 29.3 Å². The molecule has 36 heavy (non-hydrogen) atoms. The standard InChI is InChI=1S/C28H30N2O6/c1-17-13-20(7-11-23(17)29-26(32)33)15-21-8-12-24(18(2)14-21)30-27(34)36-16-19-5-9-22(10-6-19)25(31)28(3,4)35/h5-14,29,35H,15-16H2,1-4H3,(H,30,34)(H,32,33). The third kappa shape index (κ3) is 7.16. The van der Waals surface area contributed by atoms with Gasteiger partial charge in [0.2, 0.25) is 0 Å². The van der Waals surface area contributed by atoms with Gasteiger partial charge in [-0.1, -0.05) is 48.5 Å². The number of aryl methyl sites for hydroxylation is 2. The molecule has 0 unspecified atom stereocenters. The quantitative estimate of drug-likeness (QED) is 0.301. The first-order valence-corrected chi connectivity index (χ1v) is 11.4. The third-order valence-electron chi connectivity index (χ3n) is 5.61. The van der Waals surface area contributed by atoms with Gasteiger partial charge in [-0.2, -0.15) is 0 Å². The average Bonchev–Trinajstić information content (AvgIpc) is 2.80. The Hall–Kier alpha value is -4.17. The Morgan fingerprint density at radius 2 is 1.31 bits per heavy atom. The molecule has 8 nitrogen and oxygen atoms in total. The van der Waals surface area contributed by atoms with Gasteiger partial charge in [0.05, 0.1) is 0 Å². The van der Waals surface area contributed by atoms with Crippen LogP contribution in [-0.2, 0) is 17.8 Å². The highest BCUT2D eigenvalue weighted by atomic mass is 16.5. The van der Waals surface area contributed by atoms with Crippen LogP contribution in [0.2, 0.25) is 0 Å². The van der Waals surface area contributed by atoms with Crippen LogP contribution in [0, 0.1) is 13.8 Å². The zero-order chi connectivity index (χ0) is 26.5. The Bertz CT molecular complexity index is 1280. The van der Waals surface area contributed by atoms with Crippen LogP contribution in [-0.4, -0.2) is 33.8 Å². The van der Waals surface area contributed by atoms with E-state index >= 15 is 0 Å². The van der Waals surface area contributed by atoms with Gasteiger partial charge in [-0.3, -0.25) is 15.4 Å². The molecule has 0 atom stereocenters. The summed E-state index contributed by atoms with van der Waals surface area (Å²) < 4.78 is 5.30. The maximum Gasteiger partial charge on any atom is 0.411 e.